The second kappa shape index (κ2) is 4.31. The van der Waals surface area contributed by atoms with Crippen molar-refractivity contribution in [3.63, 3.8) is 0 Å². The van der Waals surface area contributed by atoms with E-state index < -0.39 is 5.82 Å². The molecule has 0 unspecified atom stereocenters. The zero-order chi connectivity index (χ0) is 10.8. The van der Waals surface area contributed by atoms with Gasteiger partial charge in [-0.05, 0) is 47.3 Å². The van der Waals surface area contributed by atoms with Crippen molar-refractivity contribution >= 4 is 22.2 Å². The van der Waals surface area contributed by atoms with E-state index in [4.69, 9.17) is 4.74 Å². The van der Waals surface area contributed by atoms with Crippen LogP contribution in [0.15, 0.2) is 16.6 Å². The van der Waals surface area contributed by atoms with Crippen molar-refractivity contribution in [3.8, 4) is 5.75 Å². The van der Waals surface area contributed by atoms with Crippen molar-refractivity contribution in [2.45, 2.75) is 25.4 Å². The number of rotatable bonds is 3. The molecule has 2 nitrogen and oxygen atoms in total. The monoisotopic (exact) mass is 272 g/mol. The quantitative estimate of drug-likeness (QED) is 0.789. The first kappa shape index (κ1) is 10.6. The number of carbonyl (C=O) groups excluding carboxylic acids is 1. The summed E-state index contributed by atoms with van der Waals surface area (Å²) < 4.78 is 19.1. The topological polar surface area (TPSA) is 26.3 Å². The molecule has 0 amide bonds. The van der Waals surface area contributed by atoms with Gasteiger partial charge in [-0.1, -0.05) is 0 Å². The van der Waals surface area contributed by atoms with E-state index in [1.165, 1.54) is 12.1 Å². The van der Waals surface area contributed by atoms with E-state index in [1.54, 1.807) is 0 Å². The van der Waals surface area contributed by atoms with Crippen LogP contribution >= 0.6 is 15.9 Å². The van der Waals surface area contributed by atoms with Gasteiger partial charge in [0.15, 0.2) is 6.29 Å². The molecule has 0 radical (unpaired) electrons. The van der Waals surface area contributed by atoms with Gasteiger partial charge in [-0.3, -0.25) is 4.79 Å². The third kappa shape index (κ3) is 2.20. The average Bonchev–Trinajstić information content (AvgIpc) is 2.12. The van der Waals surface area contributed by atoms with E-state index in [2.05, 4.69) is 15.9 Å². The maximum Gasteiger partial charge on any atom is 0.153 e. The number of halogens is 2. The van der Waals surface area contributed by atoms with Crippen LogP contribution in [0.3, 0.4) is 0 Å². The minimum Gasteiger partial charge on any atom is -0.488 e. The molecule has 1 aliphatic carbocycles. The molecular formula is C11H10BrFO2. The van der Waals surface area contributed by atoms with Crippen molar-refractivity contribution in [2.75, 3.05) is 0 Å². The van der Waals surface area contributed by atoms with Crippen molar-refractivity contribution in [3.05, 3.63) is 28.0 Å². The Morgan fingerprint density at radius 3 is 2.73 bits per heavy atom. The van der Waals surface area contributed by atoms with Gasteiger partial charge in [-0.15, -0.1) is 0 Å². The summed E-state index contributed by atoms with van der Waals surface area (Å²) in [5.74, 6) is 0.0148. The number of ether oxygens (including phenoxy) is 1. The van der Waals surface area contributed by atoms with Crippen molar-refractivity contribution in [1.82, 2.24) is 0 Å². The van der Waals surface area contributed by atoms with Gasteiger partial charge in [-0.2, -0.15) is 0 Å². The number of hydrogen-bond acceptors (Lipinski definition) is 2. The number of hydrogen-bond donors (Lipinski definition) is 0. The van der Waals surface area contributed by atoms with Crippen LogP contribution in [-0.4, -0.2) is 12.4 Å². The number of aldehydes is 1. The summed E-state index contributed by atoms with van der Waals surface area (Å²) in [6.45, 7) is 0. The summed E-state index contributed by atoms with van der Waals surface area (Å²) in [6.07, 6.45) is 3.94. The van der Waals surface area contributed by atoms with Gasteiger partial charge in [0, 0.05) is 0 Å². The molecule has 1 aromatic rings. The van der Waals surface area contributed by atoms with E-state index in [0.717, 1.165) is 19.3 Å². The van der Waals surface area contributed by atoms with E-state index in [0.29, 0.717) is 16.5 Å². The molecule has 0 saturated heterocycles. The summed E-state index contributed by atoms with van der Waals surface area (Å²) in [5, 5.41) is 0. The molecule has 1 aromatic carbocycles. The van der Waals surface area contributed by atoms with E-state index >= 15 is 0 Å². The fraction of sp³-hybridized carbons (Fsp3) is 0.364. The highest BCUT2D eigenvalue weighted by molar-refractivity contribution is 9.10. The SMILES string of the molecule is O=Cc1cc(F)cc(Br)c1OC1CCC1. The summed E-state index contributed by atoms with van der Waals surface area (Å²) in [5.41, 5.74) is 0.258. The maximum atomic E-state index is 13.0. The first-order valence-electron chi connectivity index (χ1n) is 4.81. The Morgan fingerprint density at radius 2 is 2.20 bits per heavy atom. The molecule has 2 rings (SSSR count). The fourth-order valence-electron chi connectivity index (χ4n) is 1.45. The van der Waals surface area contributed by atoms with Gasteiger partial charge in [0.1, 0.15) is 11.6 Å². The average molecular weight is 273 g/mol. The Bertz CT molecular complexity index is 388. The minimum atomic E-state index is -0.440. The van der Waals surface area contributed by atoms with Crippen molar-refractivity contribution < 1.29 is 13.9 Å². The smallest absolute Gasteiger partial charge is 0.153 e. The normalized spacial score (nSPS) is 15.9. The predicted octanol–water partition coefficient (Wildman–Crippen LogP) is 3.33. The maximum absolute atomic E-state index is 13.0. The highest BCUT2D eigenvalue weighted by Crippen LogP contribution is 2.33. The lowest BCUT2D eigenvalue weighted by molar-refractivity contribution is 0.107. The molecular weight excluding hydrogens is 263 g/mol. The number of carbonyl (C=O) groups is 1. The zero-order valence-corrected chi connectivity index (χ0v) is 9.59. The highest BCUT2D eigenvalue weighted by atomic mass is 79.9. The lowest BCUT2D eigenvalue weighted by atomic mass is 9.96. The molecule has 1 aliphatic rings. The molecule has 0 spiro atoms. The zero-order valence-electron chi connectivity index (χ0n) is 8.00. The van der Waals surface area contributed by atoms with Crippen LogP contribution in [0.2, 0.25) is 0 Å². The summed E-state index contributed by atoms with van der Waals surface area (Å²) in [6, 6.07) is 2.49. The summed E-state index contributed by atoms with van der Waals surface area (Å²) in [7, 11) is 0. The second-order valence-electron chi connectivity index (χ2n) is 3.59. The number of benzene rings is 1. The van der Waals surface area contributed by atoms with Gasteiger partial charge in [-0.25, -0.2) is 4.39 Å². The van der Waals surface area contributed by atoms with Crippen LogP contribution in [-0.2, 0) is 0 Å². The van der Waals surface area contributed by atoms with E-state index in [1.807, 2.05) is 0 Å². The minimum absolute atomic E-state index is 0.172. The van der Waals surface area contributed by atoms with Gasteiger partial charge in [0.2, 0.25) is 0 Å². The summed E-state index contributed by atoms with van der Waals surface area (Å²) >= 11 is 3.20. The van der Waals surface area contributed by atoms with Crippen LogP contribution in [0.5, 0.6) is 5.75 Å². The second-order valence-corrected chi connectivity index (χ2v) is 4.45. The standard InChI is InChI=1S/C11H10BrFO2/c12-10-5-8(13)4-7(6-14)11(10)15-9-2-1-3-9/h4-6,9H,1-3H2. The predicted molar refractivity (Wildman–Crippen MR) is 57.8 cm³/mol. The molecule has 0 bridgehead atoms. The van der Waals surface area contributed by atoms with Crippen LogP contribution in [0.4, 0.5) is 4.39 Å². The Kier molecular flexibility index (Phi) is 3.05. The van der Waals surface area contributed by atoms with Gasteiger partial charge in [0.25, 0.3) is 0 Å². The van der Waals surface area contributed by atoms with Crippen molar-refractivity contribution in [2.24, 2.45) is 0 Å². The van der Waals surface area contributed by atoms with Crippen LogP contribution in [0.1, 0.15) is 29.6 Å². The molecule has 0 aromatic heterocycles. The van der Waals surface area contributed by atoms with Gasteiger partial charge < -0.3 is 4.74 Å². The van der Waals surface area contributed by atoms with Crippen LogP contribution < -0.4 is 4.74 Å². The first-order valence-corrected chi connectivity index (χ1v) is 5.61. The fourth-order valence-corrected chi connectivity index (χ4v) is 1.99. The molecule has 1 saturated carbocycles. The largest absolute Gasteiger partial charge is 0.488 e. The lowest BCUT2D eigenvalue weighted by Gasteiger charge is -2.27. The van der Waals surface area contributed by atoms with Gasteiger partial charge in [0.05, 0.1) is 16.1 Å². The van der Waals surface area contributed by atoms with E-state index in [-0.39, 0.29) is 11.7 Å². The molecule has 1 fully saturated rings. The Labute approximate surface area is 95.6 Å². The Morgan fingerprint density at radius 1 is 1.47 bits per heavy atom. The first-order chi connectivity index (χ1) is 7.20. The molecule has 0 aliphatic heterocycles. The van der Waals surface area contributed by atoms with Crippen LogP contribution in [0, 0.1) is 5.82 Å². The van der Waals surface area contributed by atoms with Gasteiger partial charge >= 0.3 is 0 Å². The molecule has 15 heavy (non-hydrogen) atoms. The lowest BCUT2D eigenvalue weighted by Crippen LogP contribution is -2.25. The Balaban J connectivity index is 2.30. The van der Waals surface area contributed by atoms with Crippen molar-refractivity contribution in [1.29, 1.82) is 0 Å². The van der Waals surface area contributed by atoms with E-state index in [9.17, 15) is 9.18 Å². The highest BCUT2D eigenvalue weighted by Gasteiger charge is 2.22. The Hall–Kier alpha value is -0.900. The molecule has 0 atom stereocenters. The molecule has 4 heteroatoms. The third-order valence-electron chi connectivity index (χ3n) is 2.50. The molecule has 0 heterocycles. The van der Waals surface area contributed by atoms with Crippen LogP contribution in [0.25, 0.3) is 0 Å². The molecule has 80 valence electrons. The summed E-state index contributed by atoms with van der Waals surface area (Å²) in [4.78, 5) is 10.8. The third-order valence-corrected chi connectivity index (χ3v) is 3.09. The molecule has 0 N–H and O–H groups in total.